The fourth-order valence-electron chi connectivity index (χ4n) is 2.81. The van der Waals surface area contributed by atoms with Crippen molar-refractivity contribution in [2.45, 2.75) is 45.7 Å². The zero-order chi connectivity index (χ0) is 20.5. The molecule has 2 aromatic carbocycles. The van der Waals surface area contributed by atoms with Crippen LogP contribution >= 0.6 is 23.2 Å². The van der Waals surface area contributed by atoms with Crippen LogP contribution in [0.2, 0.25) is 10.0 Å². The van der Waals surface area contributed by atoms with Gasteiger partial charge in [0.25, 0.3) is 0 Å². The van der Waals surface area contributed by atoms with Crippen molar-refractivity contribution in [2.24, 2.45) is 0 Å². The number of rotatable bonds is 9. The quantitative estimate of drug-likeness (QED) is 0.588. The predicted molar refractivity (Wildman–Crippen MR) is 115 cm³/mol. The van der Waals surface area contributed by atoms with Crippen LogP contribution < -0.4 is 5.32 Å². The maximum atomic E-state index is 13.1. The Bertz CT molecular complexity index is 793. The van der Waals surface area contributed by atoms with E-state index in [1.807, 2.05) is 30.3 Å². The van der Waals surface area contributed by atoms with Gasteiger partial charge in [-0.05, 0) is 42.7 Å². The van der Waals surface area contributed by atoms with Crippen LogP contribution in [0.1, 0.15) is 37.8 Å². The maximum Gasteiger partial charge on any atom is 0.242 e. The van der Waals surface area contributed by atoms with E-state index < -0.39 is 6.04 Å². The lowest BCUT2D eigenvalue weighted by Gasteiger charge is -2.29. The Kier molecular flexibility index (Phi) is 8.81. The molecule has 1 N–H and O–H groups in total. The van der Waals surface area contributed by atoms with Crippen molar-refractivity contribution >= 4 is 35.0 Å². The van der Waals surface area contributed by atoms with Crippen molar-refractivity contribution in [1.82, 2.24) is 10.2 Å². The number of hydrogen-bond donors (Lipinski definition) is 1. The van der Waals surface area contributed by atoms with Gasteiger partial charge in [-0.3, -0.25) is 9.59 Å². The highest BCUT2D eigenvalue weighted by atomic mass is 35.5. The maximum absolute atomic E-state index is 13.1. The highest BCUT2D eigenvalue weighted by Gasteiger charge is 2.26. The van der Waals surface area contributed by atoms with Crippen LogP contribution in [0.5, 0.6) is 0 Å². The van der Waals surface area contributed by atoms with Crippen LogP contribution in [0.25, 0.3) is 0 Å². The summed E-state index contributed by atoms with van der Waals surface area (Å²) in [6.07, 6.45) is 2.04. The van der Waals surface area contributed by atoms with E-state index in [0.29, 0.717) is 23.1 Å². The summed E-state index contributed by atoms with van der Waals surface area (Å²) in [7, 11) is 0. The first-order valence-electron chi connectivity index (χ1n) is 9.47. The normalized spacial score (nSPS) is 11.7. The Morgan fingerprint density at radius 2 is 1.75 bits per heavy atom. The molecule has 28 heavy (non-hydrogen) atoms. The van der Waals surface area contributed by atoms with Gasteiger partial charge in [0.05, 0.1) is 6.42 Å². The van der Waals surface area contributed by atoms with Gasteiger partial charge in [0.1, 0.15) is 6.04 Å². The summed E-state index contributed by atoms with van der Waals surface area (Å²) in [6, 6.07) is 13.9. The molecule has 150 valence electrons. The molecule has 0 fully saturated rings. The molecule has 0 saturated heterocycles. The molecule has 0 spiro atoms. The predicted octanol–water partition coefficient (Wildman–Crippen LogP) is 4.87. The summed E-state index contributed by atoms with van der Waals surface area (Å²) in [5.74, 6) is -0.309. The topological polar surface area (TPSA) is 49.4 Å². The standard InChI is InChI=1S/C22H26Cl2N2O2/c1-3-4-13-25-22(28)16(2)26(15-17-9-11-19(23)12-10-17)21(27)14-18-7-5-6-8-20(18)24/h5-12,16H,3-4,13-15H2,1-2H3,(H,25,28)/t16-/m0/s1. The zero-order valence-electron chi connectivity index (χ0n) is 16.3. The Morgan fingerprint density at radius 3 is 2.39 bits per heavy atom. The van der Waals surface area contributed by atoms with Crippen molar-refractivity contribution < 1.29 is 9.59 Å². The highest BCUT2D eigenvalue weighted by molar-refractivity contribution is 6.31. The van der Waals surface area contributed by atoms with Gasteiger partial charge in [-0.2, -0.15) is 0 Å². The molecule has 0 unspecified atom stereocenters. The van der Waals surface area contributed by atoms with E-state index in [2.05, 4.69) is 12.2 Å². The van der Waals surface area contributed by atoms with E-state index in [1.165, 1.54) is 0 Å². The van der Waals surface area contributed by atoms with E-state index in [0.717, 1.165) is 24.0 Å². The molecule has 6 heteroatoms. The van der Waals surface area contributed by atoms with E-state index in [1.54, 1.807) is 30.0 Å². The van der Waals surface area contributed by atoms with Crippen LogP contribution in [0.15, 0.2) is 48.5 Å². The van der Waals surface area contributed by atoms with Crippen LogP contribution in [0.4, 0.5) is 0 Å². The fraction of sp³-hybridized carbons (Fsp3) is 0.364. The molecule has 0 aromatic heterocycles. The third-order valence-corrected chi connectivity index (χ3v) is 5.18. The minimum atomic E-state index is -0.595. The number of nitrogens with one attached hydrogen (secondary N) is 1. The van der Waals surface area contributed by atoms with Crippen molar-refractivity contribution in [3.05, 3.63) is 69.7 Å². The monoisotopic (exact) mass is 420 g/mol. The molecule has 0 aliphatic heterocycles. The van der Waals surface area contributed by atoms with Gasteiger partial charge in [-0.15, -0.1) is 0 Å². The van der Waals surface area contributed by atoms with Crippen molar-refractivity contribution in [2.75, 3.05) is 6.54 Å². The molecule has 0 bridgehead atoms. The van der Waals surface area contributed by atoms with Crippen molar-refractivity contribution in [3.63, 3.8) is 0 Å². The smallest absolute Gasteiger partial charge is 0.242 e. The second-order valence-electron chi connectivity index (χ2n) is 6.74. The zero-order valence-corrected chi connectivity index (χ0v) is 17.8. The Hall–Kier alpha value is -2.04. The van der Waals surface area contributed by atoms with Crippen molar-refractivity contribution in [3.8, 4) is 0 Å². The number of carbonyl (C=O) groups is 2. The lowest BCUT2D eigenvalue weighted by Crippen LogP contribution is -2.48. The van der Waals surface area contributed by atoms with E-state index in [9.17, 15) is 9.59 Å². The lowest BCUT2D eigenvalue weighted by molar-refractivity contribution is -0.140. The molecule has 2 amide bonds. The van der Waals surface area contributed by atoms with Gasteiger partial charge in [0, 0.05) is 23.1 Å². The Balaban J connectivity index is 2.18. The van der Waals surface area contributed by atoms with Gasteiger partial charge >= 0.3 is 0 Å². The molecule has 0 aliphatic carbocycles. The van der Waals surface area contributed by atoms with Crippen LogP contribution in [-0.2, 0) is 22.6 Å². The third-order valence-electron chi connectivity index (χ3n) is 4.56. The number of amides is 2. The number of halogens is 2. The molecule has 0 heterocycles. The van der Waals surface area contributed by atoms with E-state index >= 15 is 0 Å². The van der Waals surface area contributed by atoms with Crippen molar-refractivity contribution in [1.29, 1.82) is 0 Å². The first-order valence-corrected chi connectivity index (χ1v) is 10.2. The Morgan fingerprint density at radius 1 is 1.07 bits per heavy atom. The molecular weight excluding hydrogens is 395 g/mol. The number of nitrogens with zero attached hydrogens (tertiary/aromatic N) is 1. The first-order chi connectivity index (χ1) is 13.4. The molecule has 0 aliphatic rings. The summed E-state index contributed by atoms with van der Waals surface area (Å²) in [6.45, 7) is 4.74. The minimum Gasteiger partial charge on any atom is -0.354 e. The fourth-order valence-corrected chi connectivity index (χ4v) is 3.14. The van der Waals surface area contributed by atoms with Crippen LogP contribution in [-0.4, -0.2) is 29.3 Å². The summed E-state index contributed by atoms with van der Waals surface area (Å²) in [5, 5.41) is 4.08. The average molecular weight is 421 g/mol. The molecule has 1 atom stereocenters. The molecule has 2 aromatic rings. The lowest BCUT2D eigenvalue weighted by atomic mass is 10.1. The molecule has 4 nitrogen and oxygen atoms in total. The minimum absolute atomic E-state index is 0.139. The molecule has 0 radical (unpaired) electrons. The summed E-state index contributed by atoms with van der Waals surface area (Å²) in [5.41, 5.74) is 1.65. The van der Waals surface area contributed by atoms with Crippen LogP contribution in [0.3, 0.4) is 0 Å². The molecule has 2 rings (SSSR count). The van der Waals surface area contributed by atoms with Crippen LogP contribution in [0, 0.1) is 0 Å². The third kappa shape index (κ3) is 6.54. The average Bonchev–Trinajstić information content (AvgIpc) is 2.68. The second kappa shape index (κ2) is 11.1. The summed E-state index contributed by atoms with van der Waals surface area (Å²) < 4.78 is 0. The SMILES string of the molecule is CCCCNC(=O)[C@H](C)N(Cc1ccc(Cl)cc1)C(=O)Cc1ccccc1Cl. The molecule has 0 saturated carbocycles. The van der Waals surface area contributed by atoms with Gasteiger partial charge in [-0.25, -0.2) is 0 Å². The number of benzene rings is 2. The van der Waals surface area contributed by atoms with Gasteiger partial charge in [-0.1, -0.05) is 66.9 Å². The van der Waals surface area contributed by atoms with E-state index in [-0.39, 0.29) is 18.2 Å². The first kappa shape index (κ1) is 22.3. The molecular formula is C22H26Cl2N2O2. The van der Waals surface area contributed by atoms with E-state index in [4.69, 9.17) is 23.2 Å². The summed E-state index contributed by atoms with van der Waals surface area (Å²) in [4.78, 5) is 27.2. The number of unbranched alkanes of at least 4 members (excludes halogenated alkanes) is 1. The number of hydrogen-bond acceptors (Lipinski definition) is 2. The van der Waals surface area contributed by atoms with Gasteiger partial charge in [0.15, 0.2) is 0 Å². The highest BCUT2D eigenvalue weighted by Crippen LogP contribution is 2.19. The van der Waals surface area contributed by atoms with Gasteiger partial charge < -0.3 is 10.2 Å². The van der Waals surface area contributed by atoms with Gasteiger partial charge in [0.2, 0.25) is 11.8 Å². The number of carbonyl (C=O) groups excluding carboxylic acids is 2. The Labute approximate surface area is 176 Å². The largest absolute Gasteiger partial charge is 0.354 e. The summed E-state index contributed by atoms with van der Waals surface area (Å²) >= 11 is 12.2. The second-order valence-corrected chi connectivity index (χ2v) is 7.58.